The van der Waals surface area contributed by atoms with Gasteiger partial charge in [-0.15, -0.1) is 0 Å². The fourth-order valence-corrected chi connectivity index (χ4v) is 3.23. The van der Waals surface area contributed by atoms with Crippen molar-refractivity contribution in [2.45, 2.75) is 31.7 Å². The highest BCUT2D eigenvalue weighted by Crippen LogP contribution is 2.31. The zero-order valence-corrected chi connectivity index (χ0v) is 14.5. The van der Waals surface area contributed by atoms with Crippen LogP contribution >= 0.6 is 0 Å². The molecular weight excluding hydrogens is 330 g/mol. The maximum absolute atomic E-state index is 12.2. The van der Waals surface area contributed by atoms with Gasteiger partial charge in [0, 0.05) is 11.3 Å². The number of rotatable bonds is 6. The van der Waals surface area contributed by atoms with E-state index in [1.54, 1.807) is 24.3 Å². The fourth-order valence-electron chi connectivity index (χ4n) is 3.23. The van der Waals surface area contributed by atoms with Gasteiger partial charge in [-0.3, -0.25) is 9.59 Å². The Hall–Kier alpha value is -3.02. The summed E-state index contributed by atoms with van der Waals surface area (Å²) in [5.74, 6) is 0.0696. The van der Waals surface area contributed by atoms with Crippen molar-refractivity contribution in [2.75, 3.05) is 12.3 Å². The third-order valence-corrected chi connectivity index (χ3v) is 4.55. The lowest BCUT2D eigenvalue weighted by molar-refractivity contribution is -0.122. The Morgan fingerprint density at radius 2 is 1.92 bits per heavy atom. The predicted molar refractivity (Wildman–Crippen MR) is 99.7 cm³/mol. The lowest BCUT2D eigenvalue weighted by Gasteiger charge is -2.26. The van der Waals surface area contributed by atoms with Gasteiger partial charge in [-0.05, 0) is 66.8 Å². The molecule has 2 aromatic carbocycles. The molecule has 0 heterocycles. The van der Waals surface area contributed by atoms with Crippen LogP contribution in [0, 0.1) is 0 Å². The summed E-state index contributed by atoms with van der Waals surface area (Å²) in [6, 6.07) is 12.4. The molecule has 2 aromatic rings. The third-order valence-electron chi connectivity index (χ3n) is 4.55. The standard InChI is InChI=1S/C20H23N3O3/c21-15-6-9-17-14(12-15)2-1-3-18(17)23-19(24)10-11-26-16-7-4-13(5-8-16)20(22)25/h4-9,12,18H,1-3,10-11,21H2,(H2,22,25)(H,23,24). The first kappa shape index (κ1) is 17.8. The Bertz CT molecular complexity index is 802. The molecule has 5 N–H and O–H groups in total. The first-order chi connectivity index (χ1) is 12.5. The van der Waals surface area contributed by atoms with Crippen LogP contribution in [0.15, 0.2) is 42.5 Å². The summed E-state index contributed by atoms with van der Waals surface area (Å²) in [5, 5.41) is 3.08. The number of amides is 2. The number of benzene rings is 2. The summed E-state index contributed by atoms with van der Waals surface area (Å²) in [7, 11) is 0. The van der Waals surface area contributed by atoms with E-state index in [-0.39, 0.29) is 25.0 Å². The van der Waals surface area contributed by atoms with Crippen LogP contribution in [0.2, 0.25) is 0 Å². The summed E-state index contributed by atoms with van der Waals surface area (Å²) in [5.41, 5.74) is 14.6. The van der Waals surface area contributed by atoms with Gasteiger partial charge in [-0.25, -0.2) is 0 Å². The Balaban J connectivity index is 1.50. The van der Waals surface area contributed by atoms with Gasteiger partial charge >= 0.3 is 0 Å². The summed E-state index contributed by atoms with van der Waals surface area (Å²) < 4.78 is 5.56. The van der Waals surface area contributed by atoms with Gasteiger partial charge in [0.05, 0.1) is 19.1 Å². The van der Waals surface area contributed by atoms with Crippen LogP contribution in [-0.2, 0) is 11.2 Å². The van der Waals surface area contributed by atoms with Crippen molar-refractivity contribution in [2.24, 2.45) is 5.73 Å². The summed E-state index contributed by atoms with van der Waals surface area (Å²) in [6.07, 6.45) is 3.22. The zero-order chi connectivity index (χ0) is 18.5. The molecule has 136 valence electrons. The molecule has 1 atom stereocenters. The fraction of sp³-hybridized carbons (Fsp3) is 0.300. The summed E-state index contributed by atoms with van der Waals surface area (Å²) >= 11 is 0. The minimum Gasteiger partial charge on any atom is -0.493 e. The monoisotopic (exact) mass is 353 g/mol. The number of fused-ring (bicyclic) bond motifs is 1. The van der Waals surface area contributed by atoms with Crippen LogP contribution in [0.1, 0.15) is 46.8 Å². The van der Waals surface area contributed by atoms with Crippen LogP contribution in [0.5, 0.6) is 5.75 Å². The number of carbonyl (C=O) groups excluding carboxylic acids is 2. The molecule has 0 aliphatic heterocycles. The number of anilines is 1. The maximum Gasteiger partial charge on any atom is 0.248 e. The average Bonchev–Trinajstić information content (AvgIpc) is 2.62. The molecule has 6 nitrogen and oxygen atoms in total. The number of nitrogen functional groups attached to an aromatic ring is 1. The number of hydrogen-bond acceptors (Lipinski definition) is 4. The van der Waals surface area contributed by atoms with Crippen LogP contribution < -0.4 is 21.5 Å². The number of carbonyl (C=O) groups is 2. The minimum atomic E-state index is -0.481. The van der Waals surface area contributed by atoms with Crippen LogP contribution in [0.4, 0.5) is 5.69 Å². The summed E-state index contributed by atoms with van der Waals surface area (Å²) in [6.45, 7) is 0.267. The van der Waals surface area contributed by atoms with Crippen molar-refractivity contribution in [3.63, 3.8) is 0 Å². The number of aryl methyl sites for hydroxylation is 1. The molecule has 6 heteroatoms. The number of hydrogen-bond donors (Lipinski definition) is 3. The van der Waals surface area contributed by atoms with E-state index in [0.717, 1.165) is 30.5 Å². The second-order valence-corrected chi connectivity index (χ2v) is 6.46. The Morgan fingerprint density at radius 3 is 2.65 bits per heavy atom. The molecule has 1 aliphatic carbocycles. The van der Waals surface area contributed by atoms with E-state index in [0.29, 0.717) is 11.3 Å². The van der Waals surface area contributed by atoms with Crippen molar-refractivity contribution in [3.8, 4) is 5.75 Å². The first-order valence-electron chi connectivity index (χ1n) is 8.73. The zero-order valence-electron chi connectivity index (χ0n) is 14.5. The number of primary amides is 1. The Morgan fingerprint density at radius 1 is 1.15 bits per heavy atom. The van der Waals surface area contributed by atoms with Gasteiger partial charge in [-0.1, -0.05) is 6.07 Å². The molecular formula is C20H23N3O3. The molecule has 0 spiro atoms. The van der Waals surface area contributed by atoms with Crippen molar-refractivity contribution in [1.29, 1.82) is 0 Å². The second-order valence-electron chi connectivity index (χ2n) is 6.46. The molecule has 0 saturated heterocycles. The highest BCUT2D eigenvalue weighted by molar-refractivity contribution is 5.92. The van der Waals surface area contributed by atoms with Gasteiger partial charge in [0.15, 0.2) is 0 Å². The van der Waals surface area contributed by atoms with E-state index < -0.39 is 5.91 Å². The average molecular weight is 353 g/mol. The largest absolute Gasteiger partial charge is 0.493 e. The molecule has 2 amide bonds. The molecule has 1 aliphatic rings. The number of nitrogens with one attached hydrogen (secondary N) is 1. The molecule has 0 radical (unpaired) electrons. The van der Waals surface area contributed by atoms with Gasteiger partial charge in [0.2, 0.25) is 11.8 Å². The molecule has 0 saturated carbocycles. The van der Waals surface area contributed by atoms with Crippen molar-refractivity contribution >= 4 is 17.5 Å². The normalized spacial score (nSPS) is 15.8. The third kappa shape index (κ3) is 4.33. The highest BCUT2D eigenvalue weighted by atomic mass is 16.5. The molecule has 26 heavy (non-hydrogen) atoms. The van der Waals surface area contributed by atoms with E-state index >= 15 is 0 Å². The predicted octanol–water partition coefficient (Wildman–Crippen LogP) is 2.33. The highest BCUT2D eigenvalue weighted by Gasteiger charge is 2.21. The lowest BCUT2D eigenvalue weighted by Crippen LogP contribution is -2.31. The Kier molecular flexibility index (Phi) is 5.41. The molecule has 3 rings (SSSR count). The van der Waals surface area contributed by atoms with Gasteiger partial charge in [-0.2, -0.15) is 0 Å². The van der Waals surface area contributed by atoms with Gasteiger partial charge in [0.25, 0.3) is 0 Å². The number of nitrogens with two attached hydrogens (primary N) is 2. The summed E-state index contributed by atoms with van der Waals surface area (Å²) in [4.78, 5) is 23.3. The Labute approximate surface area is 152 Å². The quantitative estimate of drug-likeness (QED) is 0.693. The smallest absolute Gasteiger partial charge is 0.248 e. The van der Waals surface area contributed by atoms with E-state index in [9.17, 15) is 9.59 Å². The van der Waals surface area contributed by atoms with Gasteiger partial charge < -0.3 is 21.5 Å². The van der Waals surface area contributed by atoms with Crippen molar-refractivity contribution in [1.82, 2.24) is 5.32 Å². The van der Waals surface area contributed by atoms with E-state index in [2.05, 4.69) is 5.32 Å². The van der Waals surface area contributed by atoms with Crippen molar-refractivity contribution in [3.05, 3.63) is 59.2 Å². The SMILES string of the molecule is NC(=O)c1ccc(OCCC(=O)NC2CCCc3cc(N)ccc32)cc1. The van der Waals surface area contributed by atoms with Crippen LogP contribution in [0.3, 0.4) is 0 Å². The van der Waals surface area contributed by atoms with Crippen molar-refractivity contribution < 1.29 is 14.3 Å². The molecule has 1 unspecified atom stereocenters. The van der Waals surface area contributed by atoms with Crippen LogP contribution in [-0.4, -0.2) is 18.4 Å². The van der Waals surface area contributed by atoms with E-state index in [1.165, 1.54) is 5.56 Å². The maximum atomic E-state index is 12.2. The first-order valence-corrected chi connectivity index (χ1v) is 8.73. The van der Waals surface area contributed by atoms with E-state index in [4.69, 9.17) is 16.2 Å². The number of ether oxygens (including phenoxy) is 1. The van der Waals surface area contributed by atoms with Gasteiger partial charge in [0.1, 0.15) is 5.75 Å². The second kappa shape index (κ2) is 7.91. The molecule has 0 bridgehead atoms. The van der Waals surface area contributed by atoms with Crippen LogP contribution in [0.25, 0.3) is 0 Å². The molecule has 0 fully saturated rings. The minimum absolute atomic E-state index is 0.0294. The topological polar surface area (TPSA) is 107 Å². The van der Waals surface area contributed by atoms with E-state index in [1.807, 2.05) is 18.2 Å². The lowest BCUT2D eigenvalue weighted by atomic mass is 9.87. The molecule has 0 aromatic heterocycles.